The molecule has 1 N–H and O–H groups in total. The van der Waals surface area contributed by atoms with E-state index in [1.54, 1.807) is 0 Å². The number of carbonyl (C=O) groups is 1. The van der Waals surface area contributed by atoms with Gasteiger partial charge in [0.1, 0.15) is 0 Å². The van der Waals surface area contributed by atoms with Crippen LogP contribution >= 0.6 is 0 Å². The smallest absolute Gasteiger partial charge is 0.241 e. The maximum Gasteiger partial charge on any atom is 0.241 e. The van der Waals surface area contributed by atoms with E-state index in [9.17, 15) is 4.79 Å². The Kier molecular flexibility index (Phi) is 5.40. The Morgan fingerprint density at radius 2 is 1.86 bits per heavy atom. The van der Waals surface area contributed by atoms with Gasteiger partial charge in [-0.15, -0.1) is 0 Å². The van der Waals surface area contributed by atoms with Crippen LogP contribution in [-0.2, 0) is 11.2 Å². The van der Waals surface area contributed by atoms with Crippen molar-refractivity contribution in [1.29, 1.82) is 0 Å². The lowest BCUT2D eigenvalue weighted by Gasteiger charge is -2.30. The van der Waals surface area contributed by atoms with Crippen LogP contribution in [0.1, 0.15) is 46.1 Å². The minimum Gasteiger partial charge on any atom is -0.323 e. The molecular formula is C18H28N2O. The number of nitrogens with one attached hydrogen (secondary N) is 1. The van der Waals surface area contributed by atoms with Gasteiger partial charge in [-0.25, -0.2) is 0 Å². The number of carbonyl (C=O) groups excluding carboxylic acids is 1. The van der Waals surface area contributed by atoms with Crippen LogP contribution in [0.2, 0.25) is 0 Å². The molecule has 1 aliphatic heterocycles. The number of benzene rings is 1. The molecule has 1 aromatic rings. The summed E-state index contributed by atoms with van der Waals surface area (Å²) >= 11 is 0. The Morgan fingerprint density at radius 3 is 2.43 bits per heavy atom. The van der Waals surface area contributed by atoms with Crippen LogP contribution in [0.5, 0.6) is 0 Å². The van der Waals surface area contributed by atoms with Gasteiger partial charge in [0.05, 0.1) is 12.2 Å². The van der Waals surface area contributed by atoms with Crippen LogP contribution in [0.4, 0.5) is 0 Å². The van der Waals surface area contributed by atoms with Crippen LogP contribution in [0.15, 0.2) is 30.3 Å². The van der Waals surface area contributed by atoms with Gasteiger partial charge in [-0.2, -0.15) is 0 Å². The number of hydrogen-bond donors (Lipinski definition) is 1. The maximum atomic E-state index is 12.8. The van der Waals surface area contributed by atoms with Gasteiger partial charge in [0.2, 0.25) is 5.91 Å². The SMILES string of the molecule is CCC1NC(Cc2ccccc2)C(=O)N1C(C)CC(C)C. The van der Waals surface area contributed by atoms with Crippen molar-refractivity contribution in [2.75, 3.05) is 0 Å². The first kappa shape index (κ1) is 16.0. The lowest BCUT2D eigenvalue weighted by Crippen LogP contribution is -2.43. The Hall–Kier alpha value is -1.35. The van der Waals surface area contributed by atoms with E-state index in [1.165, 1.54) is 5.56 Å². The summed E-state index contributed by atoms with van der Waals surface area (Å²) in [5.74, 6) is 0.873. The van der Waals surface area contributed by atoms with Crippen LogP contribution < -0.4 is 5.32 Å². The van der Waals surface area contributed by atoms with Crippen molar-refractivity contribution in [2.24, 2.45) is 5.92 Å². The zero-order valence-electron chi connectivity index (χ0n) is 13.7. The van der Waals surface area contributed by atoms with E-state index >= 15 is 0 Å². The Bertz CT molecular complexity index is 458. The van der Waals surface area contributed by atoms with Crippen molar-refractivity contribution in [3.63, 3.8) is 0 Å². The first-order valence-corrected chi connectivity index (χ1v) is 8.15. The first-order chi connectivity index (χ1) is 10.0. The predicted octanol–water partition coefficient (Wildman–Crippen LogP) is 3.20. The fourth-order valence-corrected chi connectivity index (χ4v) is 3.35. The predicted molar refractivity (Wildman–Crippen MR) is 86.9 cm³/mol. The van der Waals surface area contributed by atoms with Crippen LogP contribution in [0.3, 0.4) is 0 Å². The average molecular weight is 288 g/mol. The highest BCUT2D eigenvalue weighted by atomic mass is 16.2. The van der Waals surface area contributed by atoms with Gasteiger partial charge >= 0.3 is 0 Å². The minimum absolute atomic E-state index is 0.0769. The Labute approximate surface area is 128 Å². The van der Waals surface area contributed by atoms with Crippen molar-refractivity contribution in [3.05, 3.63) is 35.9 Å². The molecule has 3 nitrogen and oxygen atoms in total. The Balaban J connectivity index is 2.08. The van der Waals surface area contributed by atoms with Crippen molar-refractivity contribution >= 4 is 5.91 Å². The molecule has 1 fully saturated rings. The Morgan fingerprint density at radius 1 is 1.19 bits per heavy atom. The quantitative estimate of drug-likeness (QED) is 0.872. The van der Waals surface area contributed by atoms with Gasteiger partial charge in [-0.05, 0) is 37.7 Å². The van der Waals surface area contributed by atoms with Gasteiger partial charge in [-0.3, -0.25) is 10.1 Å². The summed E-state index contributed by atoms with van der Waals surface area (Å²) in [7, 11) is 0. The zero-order valence-corrected chi connectivity index (χ0v) is 13.7. The molecule has 3 heteroatoms. The standard InChI is InChI=1S/C18H28N2O/c1-5-17-19-16(12-15-9-7-6-8-10-15)18(21)20(17)14(4)11-13(2)3/h6-10,13-14,16-17,19H,5,11-12H2,1-4H3. The molecule has 1 amide bonds. The van der Waals surface area contributed by atoms with Crippen LogP contribution in [-0.4, -0.2) is 29.1 Å². The maximum absolute atomic E-state index is 12.8. The molecule has 3 unspecified atom stereocenters. The molecule has 116 valence electrons. The van der Waals surface area contributed by atoms with E-state index < -0.39 is 0 Å². The van der Waals surface area contributed by atoms with E-state index in [0.717, 1.165) is 19.3 Å². The summed E-state index contributed by atoms with van der Waals surface area (Å²) in [6.07, 6.45) is 2.97. The number of amides is 1. The number of hydrogen-bond acceptors (Lipinski definition) is 2. The number of nitrogens with zero attached hydrogens (tertiary/aromatic N) is 1. The first-order valence-electron chi connectivity index (χ1n) is 8.15. The third kappa shape index (κ3) is 3.85. The normalized spacial score (nSPS) is 23.9. The molecule has 0 aliphatic carbocycles. The molecule has 0 bridgehead atoms. The molecule has 0 radical (unpaired) electrons. The summed E-state index contributed by atoms with van der Waals surface area (Å²) in [4.78, 5) is 14.8. The largest absolute Gasteiger partial charge is 0.323 e. The van der Waals surface area contributed by atoms with Gasteiger partial charge in [0, 0.05) is 6.04 Å². The van der Waals surface area contributed by atoms with Gasteiger partial charge in [-0.1, -0.05) is 51.1 Å². The van der Waals surface area contributed by atoms with E-state index in [2.05, 4.69) is 50.0 Å². The molecule has 0 saturated carbocycles. The van der Waals surface area contributed by atoms with Crippen molar-refractivity contribution in [2.45, 2.75) is 65.2 Å². The second-order valence-corrected chi connectivity index (χ2v) is 6.56. The fraction of sp³-hybridized carbons (Fsp3) is 0.611. The molecule has 3 atom stereocenters. The molecule has 1 heterocycles. The summed E-state index contributed by atoms with van der Waals surface area (Å²) in [5.41, 5.74) is 1.22. The molecule has 1 aliphatic rings. The monoisotopic (exact) mass is 288 g/mol. The van der Waals surface area contributed by atoms with E-state index in [1.807, 2.05) is 18.2 Å². The van der Waals surface area contributed by atoms with Crippen molar-refractivity contribution in [1.82, 2.24) is 10.2 Å². The van der Waals surface area contributed by atoms with E-state index in [4.69, 9.17) is 0 Å². The van der Waals surface area contributed by atoms with Gasteiger partial charge in [0.25, 0.3) is 0 Å². The summed E-state index contributed by atoms with van der Waals surface area (Å²) in [6, 6.07) is 10.5. The lowest BCUT2D eigenvalue weighted by atomic mass is 10.0. The molecule has 1 saturated heterocycles. The second-order valence-electron chi connectivity index (χ2n) is 6.56. The lowest BCUT2D eigenvalue weighted by molar-refractivity contribution is -0.132. The third-order valence-electron chi connectivity index (χ3n) is 4.24. The third-order valence-corrected chi connectivity index (χ3v) is 4.24. The van der Waals surface area contributed by atoms with E-state index in [-0.39, 0.29) is 18.1 Å². The van der Waals surface area contributed by atoms with Crippen molar-refractivity contribution < 1.29 is 4.79 Å². The summed E-state index contributed by atoms with van der Waals surface area (Å²) in [5, 5.41) is 3.52. The zero-order chi connectivity index (χ0) is 15.4. The van der Waals surface area contributed by atoms with Crippen LogP contribution in [0, 0.1) is 5.92 Å². The molecule has 0 spiro atoms. The molecule has 21 heavy (non-hydrogen) atoms. The topological polar surface area (TPSA) is 32.3 Å². The average Bonchev–Trinajstić information content (AvgIpc) is 2.76. The second kappa shape index (κ2) is 7.08. The summed E-state index contributed by atoms with van der Waals surface area (Å²) < 4.78 is 0. The van der Waals surface area contributed by atoms with Crippen LogP contribution in [0.25, 0.3) is 0 Å². The minimum atomic E-state index is -0.0769. The summed E-state index contributed by atoms with van der Waals surface area (Å²) in [6.45, 7) is 8.75. The van der Waals surface area contributed by atoms with Gasteiger partial charge < -0.3 is 4.90 Å². The molecular weight excluding hydrogens is 260 g/mol. The highest BCUT2D eigenvalue weighted by Crippen LogP contribution is 2.23. The van der Waals surface area contributed by atoms with E-state index in [0.29, 0.717) is 12.0 Å². The fourth-order valence-electron chi connectivity index (χ4n) is 3.35. The molecule has 1 aromatic carbocycles. The molecule has 2 rings (SSSR count). The highest BCUT2D eigenvalue weighted by molar-refractivity contribution is 5.85. The highest BCUT2D eigenvalue weighted by Gasteiger charge is 2.40. The molecule has 0 aromatic heterocycles. The van der Waals surface area contributed by atoms with Gasteiger partial charge in [0.15, 0.2) is 0 Å². The number of rotatable bonds is 6. The van der Waals surface area contributed by atoms with Crippen molar-refractivity contribution in [3.8, 4) is 0 Å².